The van der Waals surface area contributed by atoms with E-state index in [4.69, 9.17) is 5.11 Å². The van der Waals surface area contributed by atoms with Crippen LogP contribution in [0.25, 0.3) is 0 Å². The first kappa shape index (κ1) is 14.3. The van der Waals surface area contributed by atoms with Gasteiger partial charge in [0.2, 0.25) is 0 Å². The van der Waals surface area contributed by atoms with Crippen LogP contribution in [-0.4, -0.2) is 47.6 Å². The number of aldehydes is 1. The van der Waals surface area contributed by atoms with Crippen molar-refractivity contribution in [2.75, 3.05) is 12.9 Å². The van der Waals surface area contributed by atoms with E-state index in [1.807, 2.05) is 11.8 Å². The minimum absolute atomic E-state index is 0.0248. The Morgan fingerprint density at radius 2 is 2.18 bits per heavy atom. The summed E-state index contributed by atoms with van der Waals surface area (Å²) in [4.78, 5) is 21.3. The molecular weight excluding hydrogens is 240 g/mol. The molecule has 5 nitrogen and oxygen atoms in total. The zero-order chi connectivity index (χ0) is 12.7. The number of hydrogen-bond acceptors (Lipinski definition) is 4. The van der Waals surface area contributed by atoms with E-state index in [1.54, 1.807) is 0 Å². The molecule has 2 heterocycles. The van der Waals surface area contributed by atoms with E-state index in [-0.39, 0.29) is 6.03 Å². The van der Waals surface area contributed by atoms with Gasteiger partial charge in [0.25, 0.3) is 0 Å². The Balaban J connectivity index is 0.000000686. The van der Waals surface area contributed by atoms with E-state index in [2.05, 4.69) is 10.6 Å². The Morgan fingerprint density at radius 1 is 1.41 bits per heavy atom. The molecule has 0 bridgehead atoms. The van der Waals surface area contributed by atoms with Gasteiger partial charge in [-0.3, -0.25) is 0 Å². The second-order valence-electron chi connectivity index (χ2n) is 4.07. The molecule has 0 radical (unpaired) electrons. The molecule has 6 heteroatoms. The number of carbonyl (C=O) groups excluding carboxylic acids is 2. The lowest BCUT2D eigenvalue weighted by atomic mass is 10.0. The van der Waals surface area contributed by atoms with Gasteiger partial charge < -0.3 is 20.5 Å². The summed E-state index contributed by atoms with van der Waals surface area (Å²) >= 11 is 1.93. The van der Waals surface area contributed by atoms with E-state index < -0.39 is 0 Å². The highest BCUT2D eigenvalue weighted by atomic mass is 32.2. The van der Waals surface area contributed by atoms with Gasteiger partial charge in [0.15, 0.2) is 0 Å². The number of aliphatic hydroxyl groups is 1. The van der Waals surface area contributed by atoms with Crippen LogP contribution in [0, 0.1) is 0 Å². The number of nitrogens with one attached hydrogen (secondary N) is 2. The Bertz CT molecular complexity index is 263. The first-order valence-electron chi connectivity index (χ1n) is 5.88. The van der Waals surface area contributed by atoms with Crippen LogP contribution in [0.2, 0.25) is 0 Å². The molecule has 3 atom stereocenters. The smallest absolute Gasteiger partial charge is 0.315 e. The van der Waals surface area contributed by atoms with Crippen LogP contribution in [0.5, 0.6) is 0 Å². The van der Waals surface area contributed by atoms with E-state index in [1.165, 1.54) is 0 Å². The van der Waals surface area contributed by atoms with Gasteiger partial charge in [0.05, 0.1) is 12.1 Å². The van der Waals surface area contributed by atoms with Crippen LogP contribution < -0.4 is 10.6 Å². The molecule has 0 aromatic carbocycles. The fourth-order valence-electron chi connectivity index (χ4n) is 2.22. The van der Waals surface area contributed by atoms with Crippen molar-refractivity contribution in [1.29, 1.82) is 0 Å². The molecule has 3 unspecified atom stereocenters. The van der Waals surface area contributed by atoms with Crippen molar-refractivity contribution >= 4 is 24.1 Å². The van der Waals surface area contributed by atoms with Crippen molar-refractivity contribution in [3.05, 3.63) is 0 Å². The predicted molar refractivity (Wildman–Crippen MR) is 68.2 cm³/mol. The number of unbranched alkanes of at least 4 members (excludes halogenated alkanes) is 2. The second kappa shape index (κ2) is 7.55. The first-order chi connectivity index (χ1) is 8.31. The Morgan fingerprint density at radius 3 is 2.88 bits per heavy atom. The minimum atomic E-state index is -0.0248. The SMILES string of the molecule is CO.O=CCCCCC1SCC2NC(=O)NC21. The number of aliphatic hydroxyl groups excluding tert-OH is 1. The third-order valence-electron chi connectivity index (χ3n) is 3.00. The van der Waals surface area contributed by atoms with Gasteiger partial charge in [0, 0.05) is 24.5 Å². The number of fused-ring (bicyclic) bond motifs is 1. The number of amides is 2. The molecule has 0 aliphatic carbocycles. The van der Waals surface area contributed by atoms with Crippen LogP contribution in [0.3, 0.4) is 0 Å². The van der Waals surface area contributed by atoms with Gasteiger partial charge in [-0.1, -0.05) is 6.42 Å². The van der Waals surface area contributed by atoms with Crippen LogP contribution in [0.1, 0.15) is 25.7 Å². The Kier molecular flexibility index (Phi) is 6.36. The molecule has 2 fully saturated rings. The summed E-state index contributed by atoms with van der Waals surface area (Å²) in [6, 6.07) is 0.598. The van der Waals surface area contributed by atoms with E-state index in [9.17, 15) is 9.59 Å². The molecule has 2 rings (SSSR count). The van der Waals surface area contributed by atoms with E-state index in [0.29, 0.717) is 23.8 Å². The number of thioether (sulfide) groups is 1. The third kappa shape index (κ3) is 3.89. The fourth-order valence-corrected chi connectivity index (χ4v) is 3.76. The average molecular weight is 260 g/mol. The molecular formula is C11H20N2O3S. The molecule has 0 saturated carbocycles. The summed E-state index contributed by atoms with van der Waals surface area (Å²) < 4.78 is 0. The topological polar surface area (TPSA) is 78.4 Å². The zero-order valence-electron chi connectivity index (χ0n) is 10.0. The van der Waals surface area contributed by atoms with Gasteiger partial charge in [-0.15, -0.1) is 0 Å². The van der Waals surface area contributed by atoms with Crippen molar-refractivity contribution in [2.24, 2.45) is 0 Å². The largest absolute Gasteiger partial charge is 0.400 e. The van der Waals surface area contributed by atoms with Gasteiger partial charge >= 0.3 is 6.03 Å². The second-order valence-corrected chi connectivity index (χ2v) is 5.35. The monoisotopic (exact) mass is 260 g/mol. The zero-order valence-corrected chi connectivity index (χ0v) is 10.8. The molecule has 17 heavy (non-hydrogen) atoms. The number of rotatable bonds is 5. The quantitative estimate of drug-likeness (QED) is 0.382. The first-order valence-corrected chi connectivity index (χ1v) is 6.93. The summed E-state index contributed by atoms with van der Waals surface area (Å²) in [5.41, 5.74) is 0. The number of carbonyl (C=O) groups is 2. The minimum Gasteiger partial charge on any atom is -0.400 e. The van der Waals surface area contributed by atoms with E-state index in [0.717, 1.165) is 38.4 Å². The maximum absolute atomic E-state index is 11.1. The van der Waals surface area contributed by atoms with Crippen LogP contribution >= 0.6 is 11.8 Å². The third-order valence-corrected chi connectivity index (χ3v) is 4.51. The normalized spacial score (nSPS) is 29.8. The summed E-state index contributed by atoms with van der Waals surface area (Å²) in [6.07, 6.45) is 4.79. The average Bonchev–Trinajstić information content (AvgIpc) is 2.87. The molecule has 0 aromatic rings. The predicted octanol–water partition coefficient (Wildman–Crippen LogP) is 0.520. The van der Waals surface area contributed by atoms with Crippen LogP contribution in [0.4, 0.5) is 4.79 Å². The van der Waals surface area contributed by atoms with Crippen molar-refractivity contribution < 1.29 is 14.7 Å². The molecule has 2 aliphatic heterocycles. The van der Waals surface area contributed by atoms with E-state index >= 15 is 0 Å². The van der Waals surface area contributed by atoms with Gasteiger partial charge in [-0.25, -0.2) is 4.79 Å². The lowest BCUT2D eigenvalue weighted by molar-refractivity contribution is -0.107. The Labute approximate surface area is 106 Å². The fraction of sp³-hybridized carbons (Fsp3) is 0.818. The molecule has 2 aliphatic rings. The van der Waals surface area contributed by atoms with Crippen molar-refractivity contribution in [1.82, 2.24) is 10.6 Å². The number of urea groups is 1. The Hall–Kier alpha value is -0.750. The molecule has 3 N–H and O–H groups in total. The summed E-state index contributed by atoms with van der Waals surface area (Å²) in [5.74, 6) is 1.02. The summed E-state index contributed by atoms with van der Waals surface area (Å²) in [7, 11) is 1.00. The highest BCUT2D eigenvalue weighted by Crippen LogP contribution is 2.33. The lowest BCUT2D eigenvalue weighted by Gasteiger charge is -2.15. The standard InChI is InChI=1S/C10H16N2O2S.CH4O/c13-5-3-1-2-4-8-9-7(6-15-8)11-10(14)12-9;1-2/h5,7-9H,1-4,6H2,(H2,11,12,14);2H,1H3. The maximum atomic E-state index is 11.1. The molecule has 2 saturated heterocycles. The van der Waals surface area contributed by atoms with Gasteiger partial charge in [-0.05, 0) is 12.8 Å². The highest BCUT2D eigenvalue weighted by Gasteiger charge is 2.42. The molecule has 2 amide bonds. The van der Waals surface area contributed by atoms with Crippen molar-refractivity contribution in [3.63, 3.8) is 0 Å². The summed E-state index contributed by atoms with van der Waals surface area (Å²) in [5, 5.41) is 13.4. The van der Waals surface area contributed by atoms with Crippen LogP contribution in [-0.2, 0) is 4.79 Å². The highest BCUT2D eigenvalue weighted by molar-refractivity contribution is 8.00. The molecule has 0 spiro atoms. The lowest BCUT2D eigenvalue weighted by Crippen LogP contribution is -2.36. The van der Waals surface area contributed by atoms with Gasteiger partial charge in [-0.2, -0.15) is 11.8 Å². The van der Waals surface area contributed by atoms with Gasteiger partial charge in [0.1, 0.15) is 6.29 Å². The molecule has 98 valence electrons. The number of hydrogen-bond donors (Lipinski definition) is 3. The maximum Gasteiger partial charge on any atom is 0.315 e. The van der Waals surface area contributed by atoms with Crippen molar-refractivity contribution in [2.45, 2.75) is 43.0 Å². The molecule has 0 aromatic heterocycles. The van der Waals surface area contributed by atoms with Crippen LogP contribution in [0.15, 0.2) is 0 Å². The van der Waals surface area contributed by atoms with Crippen molar-refractivity contribution in [3.8, 4) is 0 Å². The summed E-state index contributed by atoms with van der Waals surface area (Å²) in [6.45, 7) is 0.